The molecule has 0 saturated carbocycles. The molecular formula is C16H20ClNO5S. The monoisotopic (exact) mass is 373 g/mol. The first-order valence-electron chi connectivity index (χ1n) is 7.50. The Morgan fingerprint density at radius 3 is 2.54 bits per heavy atom. The van der Waals surface area contributed by atoms with Gasteiger partial charge in [-0.2, -0.15) is 0 Å². The van der Waals surface area contributed by atoms with Gasteiger partial charge in [0.05, 0.1) is 11.6 Å². The first-order chi connectivity index (χ1) is 11.0. The van der Waals surface area contributed by atoms with Crippen LogP contribution in [0.1, 0.15) is 40.5 Å². The van der Waals surface area contributed by atoms with Crippen LogP contribution in [0.25, 0.3) is 11.1 Å². The molecule has 24 heavy (non-hydrogen) atoms. The molecule has 0 saturated heterocycles. The molecule has 1 aromatic carbocycles. The SMILES string of the molecule is CCOC(=O)C(C)S(=O)(=O)c1c(Cl)ccc2nc(C(C)(C)C)oc12. The number of fused-ring (bicyclic) bond motifs is 1. The maximum Gasteiger partial charge on any atom is 0.324 e. The lowest BCUT2D eigenvalue weighted by Gasteiger charge is -2.13. The van der Waals surface area contributed by atoms with E-state index in [4.69, 9.17) is 20.8 Å². The van der Waals surface area contributed by atoms with E-state index in [1.54, 1.807) is 13.0 Å². The number of halogens is 1. The van der Waals surface area contributed by atoms with Crippen molar-refractivity contribution in [1.82, 2.24) is 4.98 Å². The van der Waals surface area contributed by atoms with Gasteiger partial charge in [0.2, 0.25) is 5.89 Å². The lowest BCUT2D eigenvalue weighted by atomic mass is 9.97. The van der Waals surface area contributed by atoms with Crippen molar-refractivity contribution in [3.05, 3.63) is 23.0 Å². The molecule has 2 rings (SSSR count). The largest absolute Gasteiger partial charge is 0.465 e. The van der Waals surface area contributed by atoms with E-state index >= 15 is 0 Å². The van der Waals surface area contributed by atoms with Crippen molar-refractivity contribution in [3.63, 3.8) is 0 Å². The second-order valence-corrected chi connectivity index (χ2v) is 9.05. The van der Waals surface area contributed by atoms with Gasteiger partial charge in [0.25, 0.3) is 0 Å². The molecule has 8 heteroatoms. The van der Waals surface area contributed by atoms with Crippen LogP contribution in [0.2, 0.25) is 5.02 Å². The highest BCUT2D eigenvalue weighted by Gasteiger charge is 2.36. The van der Waals surface area contributed by atoms with Crippen molar-refractivity contribution in [2.75, 3.05) is 6.61 Å². The summed E-state index contributed by atoms with van der Waals surface area (Å²) in [4.78, 5) is 16.0. The Labute approximate surface area is 146 Å². The van der Waals surface area contributed by atoms with E-state index in [0.717, 1.165) is 0 Å². The number of aromatic nitrogens is 1. The molecule has 0 fully saturated rings. The molecule has 0 amide bonds. The highest BCUT2D eigenvalue weighted by molar-refractivity contribution is 7.93. The number of esters is 1. The number of hydrogen-bond donors (Lipinski definition) is 0. The van der Waals surface area contributed by atoms with E-state index in [2.05, 4.69) is 4.98 Å². The van der Waals surface area contributed by atoms with E-state index in [-0.39, 0.29) is 22.1 Å². The minimum atomic E-state index is -4.09. The van der Waals surface area contributed by atoms with E-state index in [0.29, 0.717) is 11.4 Å². The Morgan fingerprint density at radius 2 is 2.00 bits per heavy atom. The normalized spacial score (nSPS) is 13.9. The lowest BCUT2D eigenvalue weighted by molar-refractivity contribution is -0.142. The minimum absolute atomic E-state index is 0.0183. The van der Waals surface area contributed by atoms with E-state index in [1.807, 2.05) is 20.8 Å². The zero-order valence-corrected chi connectivity index (χ0v) is 15.8. The van der Waals surface area contributed by atoms with Crippen molar-refractivity contribution in [2.24, 2.45) is 0 Å². The first kappa shape index (κ1) is 18.7. The molecule has 6 nitrogen and oxygen atoms in total. The first-order valence-corrected chi connectivity index (χ1v) is 9.42. The third kappa shape index (κ3) is 3.28. The smallest absolute Gasteiger partial charge is 0.324 e. The second-order valence-electron chi connectivity index (χ2n) is 6.43. The van der Waals surface area contributed by atoms with E-state index in [1.165, 1.54) is 13.0 Å². The maximum absolute atomic E-state index is 12.9. The standard InChI is InChI=1S/C16H20ClNO5S/c1-6-22-14(19)9(2)24(20,21)13-10(17)7-8-11-12(13)23-15(18-11)16(3,4)5/h7-9H,6H2,1-5H3. The molecule has 0 aliphatic heterocycles. The third-order valence-electron chi connectivity index (χ3n) is 3.47. The van der Waals surface area contributed by atoms with E-state index < -0.39 is 26.5 Å². The van der Waals surface area contributed by atoms with Crippen LogP contribution in [-0.2, 0) is 24.8 Å². The van der Waals surface area contributed by atoms with Crippen molar-refractivity contribution >= 4 is 38.5 Å². The Hall–Kier alpha value is -1.60. The molecule has 0 bridgehead atoms. The van der Waals surface area contributed by atoms with Gasteiger partial charge in [0.15, 0.2) is 20.7 Å². The highest BCUT2D eigenvalue weighted by Crippen LogP contribution is 2.35. The zero-order chi connectivity index (χ0) is 18.3. The van der Waals surface area contributed by atoms with Crippen molar-refractivity contribution < 1.29 is 22.4 Å². The Morgan fingerprint density at radius 1 is 1.38 bits per heavy atom. The molecule has 1 aromatic heterocycles. The molecular weight excluding hydrogens is 354 g/mol. The lowest BCUT2D eigenvalue weighted by Crippen LogP contribution is -2.29. The van der Waals surface area contributed by atoms with Crippen molar-refractivity contribution in [2.45, 2.75) is 50.2 Å². The maximum atomic E-state index is 12.9. The van der Waals surface area contributed by atoms with Crippen LogP contribution in [0.5, 0.6) is 0 Å². The predicted octanol–water partition coefficient (Wildman–Crippen LogP) is 3.50. The van der Waals surface area contributed by atoms with Crippen LogP contribution in [0.3, 0.4) is 0 Å². The average molecular weight is 374 g/mol. The molecule has 0 aliphatic carbocycles. The third-order valence-corrected chi connectivity index (χ3v) is 6.00. The highest BCUT2D eigenvalue weighted by atomic mass is 35.5. The number of oxazole rings is 1. The van der Waals surface area contributed by atoms with Gasteiger partial charge in [-0.15, -0.1) is 0 Å². The Bertz CT molecular complexity index is 880. The summed E-state index contributed by atoms with van der Waals surface area (Å²) in [5.74, 6) is -0.443. The predicted molar refractivity (Wildman–Crippen MR) is 91.0 cm³/mol. The number of ether oxygens (including phenoxy) is 1. The summed E-state index contributed by atoms with van der Waals surface area (Å²) in [6.45, 7) is 8.66. The zero-order valence-electron chi connectivity index (χ0n) is 14.2. The summed E-state index contributed by atoms with van der Waals surface area (Å²) in [7, 11) is -4.09. The summed E-state index contributed by atoms with van der Waals surface area (Å²) in [5, 5.41) is -1.42. The number of hydrogen-bond acceptors (Lipinski definition) is 6. The van der Waals surface area contributed by atoms with Gasteiger partial charge < -0.3 is 9.15 Å². The van der Waals surface area contributed by atoms with Crippen molar-refractivity contribution in [1.29, 1.82) is 0 Å². The molecule has 0 N–H and O–H groups in total. The number of rotatable bonds is 4. The van der Waals surface area contributed by atoms with Crippen LogP contribution >= 0.6 is 11.6 Å². The molecule has 0 radical (unpaired) electrons. The summed E-state index contributed by atoms with van der Waals surface area (Å²) < 4.78 is 36.2. The Balaban J connectivity index is 2.69. The number of carbonyl (C=O) groups excluding carboxylic acids is 1. The fraction of sp³-hybridized carbons (Fsp3) is 0.500. The molecule has 0 aliphatic rings. The quantitative estimate of drug-likeness (QED) is 0.762. The number of nitrogens with zero attached hydrogens (tertiary/aromatic N) is 1. The van der Waals surface area contributed by atoms with Crippen molar-refractivity contribution in [3.8, 4) is 0 Å². The average Bonchev–Trinajstić information content (AvgIpc) is 2.90. The summed E-state index contributed by atoms with van der Waals surface area (Å²) in [5.41, 5.74) is 0.0294. The van der Waals surface area contributed by atoms with E-state index in [9.17, 15) is 13.2 Å². The minimum Gasteiger partial charge on any atom is -0.465 e. The fourth-order valence-corrected chi connectivity index (χ4v) is 3.98. The number of sulfone groups is 1. The van der Waals surface area contributed by atoms with Gasteiger partial charge in [-0.3, -0.25) is 4.79 Å². The van der Waals surface area contributed by atoms with Gasteiger partial charge in [-0.05, 0) is 26.0 Å². The van der Waals surface area contributed by atoms with Gasteiger partial charge in [-0.1, -0.05) is 32.4 Å². The topological polar surface area (TPSA) is 86.5 Å². The summed E-state index contributed by atoms with van der Waals surface area (Å²) in [6.07, 6.45) is 0. The van der Waals surface area contributed by atoms with Gasteiger partial charge in [0, 0.05) is 5.41 Å². The molecule has 1 atom stereocenters. The number of carbonyl (C=O) groups is 1. The molecule has 1 unspecified atom stereocenters. The Kier molecular flexibility index (Phi) is 4.97. The van der Waals surface area contributed by atoms with Crippen LogP contribution < -0.4 is 0 Å². The molecule has 0 spiro atoms. The molecule has 1 heterocycles. The van der Waals surface area contributed by atoms with Crippen LogP contribution in [0.15, 0.2) is 21.4 Å². The van der Waals surface area contributed by atoms with Crippen LogP contribution in [0.4, 0.5) is 0 Å². The summed E-state index contributed by atoms with van der Waals surface area (Å²) in [6, 6.07) is 3.02. The van der Waals surface area contributed by atoms with Gasteiger partial charge >= 0.3 is 5.97 Å². The summed E-state index contributed by atoms with van der Waals surface area (Å²) >= 11 is 6.12. The molecule has 2 aromatic rings. The molecule has 132 valence electrons. The van der Waals surface area contributed by atoms with Gasteiger partial charge in [0.1, 0.15) is 10.4 Å². The fourth-order valence-electron chi connectivity index (χ4n) is 2.09. The van der Waals surface area contributed by atoms with Crippen LogP contribution in [0, 0.1) is 0 Å². The number of benzene rings is 1. The van der Waals surface area contributed by atoms with Crippen LogP contribution in [-0.4, -0.2) is 31.2 Å². The second kappa shape index (κ2) is 6.37. The van der Waals surface area contributed by atoms with Gasteiger partial charge in [-0.25, -0.2) is 13.4 Å².